The zero-order chi connectivity index (χ0) is 16.2. The first kappa shape index (κ1) is 15.1. The number of rotatable bonds is 4. The van der Waals surface area contributed by atoms with E-state index in [1.165, 1.54) is 4.31 Å². The van der Waals surface area contributed by atoms with E-state index < -0.39 is 10.2 Å². The van der Waals surface area contributed by atoms with Crippen LogP contribution in [0.4, 0.5) is 0 Å². The van der Waals surface area contributed by atoms with Gasteiger partial charge in [0, 0.05) is 30.1 Å². The number of nitrogens with two attached hydrogens (primary N) is 1. The number of nitrogens with one attached hydrogen (secondary N) is 1. The Bertz CT molecular complexity index is 713. The lowest BCUT2D eigenvalue weighted by atomic mass is 9.99. The van der Waals surface area contributed by atoms with Crippen molar-refractivity contribution in [3.63, 3.8) is 0 Å². The van der Waals surface area contributed by atoms with Crippen molar-refractivity contribution in [3.05, 3.63) is 17.5 Å². The molecular formula is C14H20N4O4S. The van der Waals surface area contributed by atoms with Gasteiger partial charge in [-0.1, -0.05) is 5.16 Å². The van der Waals surface area contributed by atoms with Crippen molar-refractivity contribution in [2.24, 2.45) is 5.14 Å². The van der Waals surface area contributed by atoms with Crippen LogP contribution in [-0.4, -0.2) is 41.9 Å². The predicted molar refractivity (Wildman–Crippen MR) is 80.7 cm³/mol. The molecule has 2 bridgehead atoms. The minimum atomic E-state index is -3.67. The van der Waals surface area contributed by atoms with Crippen LogP contribution in [0, 0.1) is 0 Å². The summed E-state index contributed by atoms with van der Waals surface area (Å²) in [5.41, 5.74) is 0.299. The summed E-state index contributed by atoms with van der Waals surface area (Å²) in [5.74, 6) is 0.936. The Hall–Kier alpha value is -1.45. The molecule has 3 fully saturated rings. The molecule has 2 aliphatic heterocycles. The molecule has 0 spiro atoms. The van der Waals surface area contributed by atoms with E-state index in [1.54, 1.807) is 6.07 Å². The molecule has 3 atom stereocenters. The van der Waals surface area contributed by atoms with Crippen LogP contribution in [0.25, 0.3) is 0 Å². The second-order valence-corrected chi connectivity index (χ2v) is 8.24. The van der Waals surface area contributed by atoms with Gasteiger partial charge in [0.25, 0.3) is 16.1 Å². The maximum absolute atomic E-state index is 12.3. The summed E-state index contributed by atoms with van der Waals surface area (Å²) in [6.07, 6.45) is 4.95. The smallest absolute Gasteiger partial charge is 0.277 e. The lowest BCUT2D eigenvalue weighted by Gasteiger charge is -2.36. The van der Waals surface area contributed by atoms with Crippen LogP contribution in [0.1, 0.15) is 60.7 Å². The molecule has 126 valence electrons. The summed E-state index contributed by atoms with van der Waals surface area (Å²) in [5, 5.41) is 12.1. The Labute approximate surface area is 134 Å². The van der Waals surface area contributed by atoms with Gasteiger partial charge in [0.05, 0.1) is 0 Å². The second-order valence-electron chi connectivity index (χ2n) is 6.79. The van der Waals surface area contributed by atoms with E-state index in [-0.39, 0.29) is 24.0 Å². The van der Waals surface area contributed by atoms with Gasteiger partial charge in [0.2, 0.25) is 0 Å². The van der Waals surface area contributed by atoms with Crippen LogP contribution in [0.2, 0.25) is 0 Å². The van der Waals surface area contributed by atoms with Crippen molar-refractivity contribution in [2.75, 3.05) is 0 Å². The largest absolute Gasteiger partial charge is 0.360 e. The number of hydrogen-bond acceptors (Lipinski definition) is 5. The van der Waals surface area contributed by atoms with E-state index >= 15 is 0 Å². The molecule has 3 heterocycles. The van der Waals surface area contributed by atoms with E-state index in [2.05, 4.69) is 10.5 Å². The van der Waals surface area contributed by atoms with Crippen molar-refractivity contribution in [2.45, 2.75) is 62.6 Å². The molecule has 1 aromatic heterocycles. The van der Waals surface area contributed by atoms with Crippen molar-refractivity contribution in [1.29, 1.82) is 0 Å². The number of fused-ring (bicyclic) bond motifs is 2. The monoisotopic (exact) mass is 340 g/mol. The minimum Gasteiger partial charge on any atom is -0.360 e. The average molecular weight is 340 g/mol. The summed E-state index contributed by atoms with van der Waals surface area (Å²) < 4.78 is 29.9. The van der Waals surface area contributed by atoms with Crippen LogP contribution in [0.15, 0.2) is 10.6 Å². The molecule has 4 rings (SSSR count). The molecule has 0 aromatic carbocycles. The average Bonchev–Trinajstić information content (AvgIpc) is 3.12. The normalized spacial score (nSPS) is 31.3. The lowest BCUT2D eigenvalue weighted by Crippen LogP contribution is -2.54. The van der Waals surface area contributed by atoms with Crippen LogP contribution in [-0.2, 0) is 10.2 Å². The van der Waals surface area contributed by atoms with Gasteiger partial charge in [-0.25, -0.2) is 5.14 Å². The fraction of sp³-hybridized carbons (Fsp3) is 0.714. The number of aromatic nitrogens is 1. The van der Waals surface area contributed by atoms with Gasteiger partial charge in [0.1, 0.15) is 5.76 Å². The third-order valence-electron chi connectivity index (χ3n) is 5.04. The molecule has 23 heavy (non-hydrogen) atoms. The summed E-state index contributed by atoms with van der Waals surface area (Å²) >= 11 is 0. The van der Waals surface area contributed by atoms with E-state index in [0.29, 0.717) is 24.5 Å². The Morgan fingerprint density at radius 3 is 2.48 bits per heavy atom. The van der Waals surface area contributed by atoms with Crippen molar-refractivity contribution < 1.29 is 17.7 Å². The highest BCUT2D eigenvalue weighted by Gasteiger charge is 2.46. The van der Waals surface area contributed by atoms with Crippen molar-refractivity contribution >= 4 is 16.1 Å². The van der Waals surface area contributed by atoms with E-state index in [9.17, 15) is 13.2 Å². The topological polar surface area (TPSA) is 119 Å². The molecule has 1 amide bonds. The summed E-state index contributed by atoms with van der Waals surface area (Å²) in [7, 11) is -3.67. The number of piperidine rings is 1. The highest BCUT2D eigenvalue weighted by molar-refractivity contribution is 7.86. The van der Waals surface area contributed by atoms with Gasteiger partial charge in [-0.15, -0.1) is 0 Å². The Balaban J connectivity index is 1.41. The Kier molecular flexibility index (Phi) is 3.47. The van der Waals surface area contributed by atoms with Crippen LogP contribution in [0.3, 0.4) is 0 Å². The number of carbonyl (C=O) groups is 1. The predicted octanol–water partition coefficient (Wildman–Crippen LogP) is 0.481. The SMILES string of the molecule is NS(=O)(=O)N1[C@@H]2CC[C@H]1CC(NC(=O)c1cc(C3CC3)on1)C2. The molecular weight excluding hydrogens is 320 g/mol. The van der Waals surface area contributed by atoms with Gasteiger partial charge in [-0.3, -0.25) is 4.79 Å². The van der Waals surface area contributed by atoms with E-state index in [1.807, 2.05) is 0 Å². The summed E-state index contributed by atoms with van der Waals surface area (Å²) in [6.45, 7) is 0. The molecule has 1 unspecified atom stereocenters. The first-order valence-electron chi connectivity index (χ1n) is 8.00. The molecule has 1 aromatic rings. The molecule has 1 aliphatic carbocycles. The van der Waals surface area contributed by atoms with Gasteiger partial charge in [-0.2, -0.15) is 12.7 Å². The fourth-order valence-corrected chi connectivity index (χ4v) is 5.10. The first-order valence-corrected chi connectivity index (χ1v) is 9.51. The van der Waals surface area contributed by atoms with Gasteiger partial charge in [-0.05, 0) is 38.5 Å². The van der Waals surface area contributed by atoms with Crippen LogP contribution >= 0.6 is 0 Å². The molecule has 9 heteroatoms. The zero-order valence-electron chi connectivity index (χ0n) is 12.6. The summed E-state index contributed by atoms with van der Waals surface area (Å²) in [4.78, 5) is 12.3. The zero-order valence-corrected chi connectivity index (χ0v) is 13.5. The Morgan fingerprint density at radius 1 is 1.26 bits per heavy atom. The summed E-state index contributed by atoms with van der Waals surface area (Å²) in [6, 6.07) is 1.42. The molecule has 3 N–H and O–H groups in total. The first-order chi connectivity index (χ1) is 10.9. The van der Waals surface area contributed by atoms with Crippen LogP contribution in [0.5, 0.6) is 0 Å². The third-order valence-corrected chi connectivity index (χ3v) is 6.22. The van der Waals surface area contributed by atoms with Gasteiger partial charge in [0.15, 0.2) is 5.69 Å². The van der Waals surface area contributed by atoms with Crippen LogP contribution < -0.4 is 10.5 Å². The van der Waals surface area contributed by atoms with Crippen molar-refractivity contribution in [1.82, 2.24) is 14.8 Å². The van der Waals surface area contributed by atoms with Gasteiger partial charge < -0.3 is 9.84 Å². The maximum Gasteiger partial charge on any atom is 0.277 e. The lowest BCUT2D eigenvalue weighted by molar-refractivity contribution is 0.0900. The highest BCUT2D eigenvalue weighted by Crippen LogP contribution is 2.40. The molecule has 0 radical (unpaired) electrons. The molecule has 1 saturated carbocycles. The fourth-order valence-electron chi connectivity index (χ4n) is 3.88. The maximum atomic E-state index is 12.3. The minimum absolute atomic E-state index is 0.0564. The highest BCUT2D eigenvalue weighted by atomic mass is 32.2. The second kappa shape index (κ2) is 5.29. The third kappa shape index (κ3) is 2.88. The Morgan fingerprint density at radius 2 is 1.91 bits per heavy atom. The number of carbonyl (C=O) groups excluding carboxylic acids is 1. The quantitative estimate of drug-likeness (QED) is 0.826. The number of hydrogen-bond donors (Lipinski definition) is 2. The molecule has 8 nitrogen and oxygen atoms in total. The van der Waals surface area contributed by atoms with Crippen molar-refractivity contribution in [3.8, 4) is 0 Å². The standard InChI is InChI=1S/C14H20N4O4S/c15-23(20,21)18-10-3-4-11(18)6-9(5-10)16-14(19)12-7-13(22-17-12)8-1-2-8/h7-11H,1-6H2,(H,16,19)(H2,15,20,21)/t9?,10-,11+. The molecule has 3 aliphatic rings. The van der Waals surface area contributed by atoms with Gasteiger partial charge >= 0.3 is 0 Å². The van der Waals surface area contributed by atoms with E-state index in [4.69, 9.17) is 9.66 Å². The number of nitrogens with zero attached hydrogens (tertiary/aromatic N) is 2. The number of amides is 1. The molecule has 2 saturated heterocycles. The van der Waals surface area contributed by atoms with E-state index in [0.717, 1.165) is 31.4 Å².